The van der Waals surface area contributed by atoms with Crippen molar-refractivity contribution in [3.63, 3.8) is 0 Å². The first kappa shape index (κ1) is 13.8. The topological polar surface area (TPSA) is 132 Å². The molecule has 0 aliphatic carbocycles. The number of carboxylic acid groups (broad SMARTS) is 3. The molecule has 0 aliphatic rings. The molecule has 4 N–H and O–H groups in total. The Morgan fingerprint density at radius 1 is 1.00 bits per heavy atom. The molecular formula is C9H10O7. The minimum Gasteiger partial charge on any atom is -0.481 e. The zero-order valence-electron chi connectivity index (χ0n) is 8.03. The van der Waals surface area contributed by atoms with Crippen molar-refractivity contribution in [2.45, 2.75) is 12.5 Å². The van der Waals surface area contributed by atoms with E-state index in [2.05, 4.69) is 0 Å². The lowest BCUT2D eigenvalue weighted by Gasteiger charge is -2.07. The van der Waals surface area contributed by atoms with E-state index < -0.39 is 30.4 Å². The molecule has 88 valence electrons. The van der Waals surface area contributed by atoms with Gasteiger partial charge in [-0.15, -0.1) is 0 Å². The number of aliphatic hydroxyl groups excluding tert-OH is 1. The first-order valence-electron chi connectivity index (χ1n) is 4.08. The van der Waals surface area contributed by atoms with Crippen molar-refractivity contribution in [3.8, 4) is 0 Å². The Morgan fingerprint density at radius 2 is 1.56 bits per heavy atom. The number of aliphatic hydroxyl groups is 1. The van der Waals surface area contributed by atoms with Crippen LogP contribution in [0.2, 0.25) is 0 Å². The molecule has 0 amide bonds. The number of aliphatic carboxylic acids is 3. The van der Waals surface area contributed by atoms with E-state index >= 15 is 0 Å². The zero-order valence-corrected chi connectivity index (χ0v) is 8.03. The number of carboxylic acids is 3. The van der Waals surface area contributed by atoms with Crippen LogP contribution < -0.4 is 0 Å². The van der Waals surface area contributed by atoms with Gasteiger partial charge in [0.1, 0.15) is 0 Å². The van der Waals surface area contributed by atoms with Gasteiger partial charge in [0.05, 0.1) is 12.5 Å². The maximum Gasteiger partial charge on any atom is 0.328 e. The van der Waals surface area contributed by atoms with Crippen molar-refractivity contribution in [1.29, 1.82) is 0 Å². The molecule has 7 nitrogen and oxygen atoms in total. The third kappa shape index (κ3) is 6.33. The quantitative estimate of drug-likeness (QED) is 0.356. The summed E-state index contributed by atoms with van der Waals surface area (Å²) >= 11 is 0. The second-order valence-corrected chi connectivity index (χ2v) is 2.77. The van der Waals surface area contributed by atoms with E-state index in [4.69, 9.17) is 15.3 Å². The standard InChI is InChI=1S/C9H10O7/c10-6(4-9(15)16)5(3-8(13)14)1-2-7(11)12/h1-3,6,10H,4H2,(H,11,12)(H,13,14)(H,15,16)/b2-1+,5-3-. The first-order chi connectivity index (χ1) is 7.32. The molecule has 0 aromatic heterocycles. The predicted molar refractivity (Wildman–Crippen MR) is 50.8 cm³/mol. The number of hydrogen-bond acceptors (Lipinski definition) is 4. The molecule has 0 radical (unpaired) electrons. The van der Waals surface area contributed by atoms with E-state index in [1.54, 1.807) is 0 Å². The number of rotatable bonds is 6. The van der Waals surface area contributed by atoms with Gasteiger partial charge in [-0.1, -0.05) is 0 Å². The lowest BCUT2D eigenvalue weighted by atomic mass is 10.1. The lowest BCUT2D eigenvalue weighted by molar-refractivity contribution is -0.139. The van der Waals surface area contributed by atoms with Gasteiger partial charge in [0.2, 0.25) is 0 Å². The Morgan fingerprint density at radius 3 is 1.94 bits per heavy atom. The average molecular weight is 230 g/mol. The van der Waals surface area contributed by atoms with E-state index in [1.807, 2.05) is 0 Å². The maximum atomic E-state index is 10.3. The Balaban J connectivity index is 4.87. The Hall–Kier alpha value is -2.15. The zero-order chi connectivity index (χ0) is 12.7. The molecule has 0 spiro atoms. The van der Waals surface area contributed by atoms with Crippen LogP contribution in [0.15, 0.2) is 23.8 Å². The van der Waals surface area contributed by atoms with Crippen LogP contribution in [0.5, 0.6) is 0 Å². The molecule has 0 heterocycles. The van der Waals surface area contributed by atoms with Crippen LogP contribution in [-0.4, -0.2) is 44.4 Å². The summed E-state index contributed by atoms with van der Waals surface area (Å²) in [7, 11) is 0. The molecule has 1 atom stereocenters. The second kappa shape index (κ2) is 6.36. The molecule has 0 saturated heterocycles. The van der Waals surface area contributed by atoms with E-state index in [-0.39, 0.29) is 5.57 Å². The highest BCUT2D eigenvalue weighted by Gasteiger charge is 2.14. The van der Waals surface area contributed by atoms with E-state index in [1.165, 1.54) is 0 Å². The fourth-order valence-electron chi connectivity index (χ4n) is 0.849. The van der Waals surface area contributed by atoms with E-state index in [0.29, 0.717) is 12.2 Å². The summed E-state index contributed by atoms with van der Waals surface area (Å²) in [6, 6.07) is 0. The van der Waals surface area contributed by atoms with Crippen LogP contribution >= 0.6 is 0 Å². The molecule has 16 heavy (non-hydrogen) atoms. The highest BCUT2D eigenvalue weighted by molar-refractivity contribution is 5.84. The molecule has 0 fully saturated rings. The van der Waals surface area contributed by atoms with Gasteiger partial charge >= 0.3 is 17.9 Å². The summed E-state index contributed by atoms with van der Waals surface area (Å²) in [6.45, 7) is 0. The Kier molecular flexibility index (Phi) is 5.50. The third-order valence-electron chi connectivity index (χ3n) is 1.46. The highest BCUT2D eigenvalue weighted by Crippen LogP contribution is 2.08. The van der Waals surface area contributed by atoms with Gasteiger partial charge in [0.25, 0.3) is 0 Å². The van der Waals surface area contributed by atoms with Crippen molar-refractivity contribution in [2.24, 2.45) is 0 Å². The molecule has 0 bridgehead atoms. The maximum absolute atomic E-state index is 10.3. The summed E-state index contributed by atoms with van der Waals surface area (Å²) in [5.74, 6) is -4.07. The third-order valence-corrected chi connectivity index (χ3v) is 1.46. The fourth-order valence-corrected chi connectivity index (χ4v) is 0.849. The number of carbonyl (C=O) groups is 3. The molecule has 0 aromatic carbocycles. The summed E-state index contributed by atoms with van der Waals surface area (Å²) in [5.41, 5.74) is -0.294. The smallest absolute Gasteiger partial charge is 0.328 e. The van der Waals surface area contributed by atoms with Gasteiger partial charge in [0, 0.05) is 12.2 Å². The van der Waals surface area contributed by atoms with Crippen LogP contribution in [0.4, 0.5) is 0 Å². The molecule has 0 rings (SSSR count). The Bertz CT molecular complexity index is 353. The average Bonchev–Trinajstić information content (AvgIpc) is 2.09. The van der Waals surface area contributed by atoms with Crippen LogP contribution in [-0.2, 0) is 14.4 Å². The largest absolute Gasteiger partial charge is 0.481 e. The fraction of sp³-hybridized carbons (Fsp3) is 0.222. The highest BCUT2D eigenvalue weighted by atomic mass is 16.4. The normalized spacial score (nSPS) is 13.7. The minimum atomic E-state index is -1.57. The van der Waals surface area contributed by atoms with Crippen molar-refractivity contribution >= 4 is 17.9 Å². The van der Waals surface area contributed by atoms with Gasteiger partial charge in [-0.2, -0.15) is 0 Å². The SMILES string of the molecule is O=C(O)/C=C(/C=C/C(=O)O)C(O)CC(=O)O. The summed E-state index contributed by atoms with van der Waals surface area (Å²) in [5, 5.41) is 34.4. The van der Waals surface area contributed by atoms with Crippen LogP contribution in [0.3, 0.4) is 0 Å². The van der Waals surface area contributed by atoms with Crippen molar-refractivity contribution in [2.75, 3.05) is 0 Å². The molecule has 0 aromatic rings. The van der Waals surface area contributed by atoms with E-state index in [0.717, 1.165) is 6.08 Å². The molecular weight excluding hydrogens is 220 g/mol. The van der Waals surface area contributed by atoms with Gasteiger partial charge < -0.3 is 20.4 Å². The van der Waals surface area contributed by atoms with E-state index in [9.17, 15) is 19.5 Å². The van der Waals surface area contributed by atoms with Gasteiger partial charge in [-0.05, 0) is 11.6 Å². The van der Waals surface area contributed by atoms with Crippen LogP contribution in [0.25, 0.3) is 0 Å². The van der Waals surface area contributed by atoms with Crippen molar-refractivity contribution in [1.82, 2.24) is 0 Å². The minimum absolute atomic E-state index is 0.294. The summed E-state index contributed by atoms with van der Waals surface area (Å²) < 4.78 is 0. The van der Waals surface area contributed by atoms with Crippen molar-refractivity contribution < 1.29 is 34.8 Å². The number of hydrogen-bond donors (Lipinski definition) is 4. The molecule has 0 saturated carbocycles. The monoisotopic (exact) mass is 230 g/mol. The predicted octanol–water partition coefficient (Wildman–Crippen LogP) is -0.526. The van der Waals surface area contributed by atoms with Gasteiger partial charge in [-0.3, -0.25) is 4.79 Å². The second-order valence-electron chi connectivity index (χ2n) is 2.77. The first-order valence-corrected chi connectivity index (χ1v) is 4.08. The van der Waals surface area contributed by atoms with Crippen molar-refractivity contribution in [3.05, 3.63) is 23.8 Å². The summed E-state index contributed by atoms with van der Waals surface area (Å²) in [6.07, 6.45) is -0.274. The van der Waals surface area contributed by atoms with Crippen LogP contribution in [0, 0.1) is 0 Å². The van der Waals surface area contributed by atoms with Gasteiger partial charge in [-0.25, -0.2) is 9.59 Å². The molecule has 1 unspecified atom stereocenters. The summed E-state index contributed by atoms with van der Waals surface area (Å²) in [4.78, 5) is 30.8. The lowest BCUT2D eigenvalue weighted by Crippen LogP contribution is -2.16. The molecule has 0 aliphatic heterocycles. The molecule has 7 heteroatoms. The Labute approximate surface area is 89.9 Å². The van der Waals surface area contributed by atoms with Gasteiger partial charge in [0.15, 0.2) is 0 Å². The van der Waals surface area contributed by atoms with Crippen LogP contribution in [0.1, 0.15) is 6.42 Å².